The molecule has 5 heteroatoms. The van der Waals surface area contributed by atoms with E-state index < -0.39 is 0 Å². The summed E-state index contributed by atoms with van der Waals surface area (Å²) in [5.41, 5.74) is 2.70. The molecule has 0 aliphatic carbocycles. The number of amides is 1. The van der Waals surface area contributed by atoms with Gasteiger partial charge in [0.05, 0.1) is 25.8 Å². The third-order valence-corrected chi connectivity index (χ3v) is 5.05. The standard InChI is InChI=1S/C22H22N2O3/c1-26-17-8-5-7-16(15-17)21-19-10-6-12-23(19)13-14-24(21)22(25)18-9-3-4-11-20(18)27-2/h3-12,15,21H,13-14H2,1-2H3. The molecule has 0 N–H and O–H groups in total. The maximum absolute atomic E-state index is 13.5. The molecule has 1 atom stereocenters. The van der Waals surface area contributed by atoms with Gasteiger partial charge in [-0.3, -0.25) is 4.79 Å². The summed E-state index contributed by atoms with van der Waals surface area (Å²) >= 11 is 0. The Hall–Kier alpha value is -3.21. The van der Waals surface area contributed by atoms with Gasteiger partial charge in [-0.25, -0.2) is 0 Å². The van der Waals surface area contributed by atoms with Crippen molar-refractivity contribution in [2.45, 2.75) is 12.6 Å². The largest absolute Gasteiger partial charge is 0.497 e. The van der Waals surface area contributed by atoms with Crippen molar-refractivity contribution in [3.8, 4) is 11.5 Å². The van der Waals surface area contributed by atoms with Crippen LogP contribution in [0.2, 0.25) is 0 Å². The Labute approximate surface area is 158 Å². The number of fused-ring (bicyclic) bond motifs is 1. The highest BCUT2D eigenvalue weighted by Gasteiger charge is 2.33. The Kier molecular flexibility index (Phi) is 4.59. The molecule has 27 heavy (non-hydrogen) atoms. The molecule has 0 saturated heterocycles. The van der Waals surface area contributed by atoms with Crippen molar-refractivity contribution in [1.29, 1.82) is 0 Å². The average Bonchev–Trinajstić information content (AvgIpc) is 3.21. The van der Waals surface area contributed by atoms with Crippen LogP contribution in [-0.2, 0) is 6.54 Å². The van der Waals surface area contributed by atoms with Crippen LogP contribution in [-0.4, -0.2) is 36.1 Å². The zero-order chi connectivity index (χ0) is 18.8. The second-order valence-electron chi connectivity index (χ2n) is 6.50. The van der Waals surface area contributed by atoms with Crippen molar-refractivity contribution in [3.05, 3.63) is 83.7 Å². The summed E-state index contributed by atoms with van der Waals surface area (Å²) in [7, 11) is 3.24. The lowest BCUT2D eigenvalue weighted by Crippen LogP contribution is -2.42. The first-order valence-corrected chi connectivity index (χ1v) is 8.96. The van der Waals surface area contributed by atoms with Crippen LogP contribution < -0.4 is 9.47 Å². The van der Waals surface area contributed by atoms with Gasteiger partial charge in [0.1, 0.15) is 11.5 Å². The molecule has 4 rings (SSSR count). The van der Waals surface area contributed by atoms with Gasteiger partial charge in [0.25, 0.3) is 5.91 Å². The quantitative estimate of drug-likeness (QED) is 0.710. The van der Waals surface area contributed by atoms with Crippen LogP contribution in [0, 0.1) is 0 Å². The van der Waals surface area contributed by atoms with Crippen LogP contribution in [0.15, 0.2) is 66.9 Å². The van der Waals surface area contributed by atoms with Gasteiger partial charge >= 0.3 is 0 Å². The van der Waals surface area contributed by atoms with Gasteiger partial charge in [0.2, 0.25) is 0 Å². The van der Waals surface area contributed by atoms with Crippen LogP contribution >= 0.6 is 0 Å². The van der Waals surface area contributed by atoms with Crippen molar-refractivity contribution in [3.63, 3.8) is 0 Å². The number of rotatable bonds is 4. The lowest BCUT2D eigenvalue weighted by Gasteiger charge is -2.37. The van der Waals surface area contributed by atoms with Crippen molar-refractivity contribution in [1.82, 2.24) is 9.47 Å². The van der Waals surface area contributed by atoms with Crippen molar-refractivity contribution in [2.24, 2.45) is 0 Å². The van der Waals surface area contributed by atoms with E-state index >= 15 is 0 Å². The van der Waals surface area contributed by atoms with Crippen LogP contribution in [0.5, 0.6) is 11.5 Å². The first kappa shape index (κ1) is 17.2. The van der Waals surface area contributed by atoms with Gasteiger partial charge in [-0.15, -0.1) is 0 Å². The molecular formula is C22H22N2O3. The Morgan fingerprint density at radius 3 is 2.63 bits per heavy atom. The van der Waals surface area contributed by atoms with Gasteiger partial charge < -0.3 is 18.9 Å². The molecule has 0 bridgehead atoms. The van der Waals surface area contributed by atoms with E-state index in [9.17, 15) is 4.79 Å². The highest BCUT2D eigenvalue weighted by Crippen LogP contribution is 2.35. The van der Waals surface area contributed by atoms with Gasteiger partial charge in [-0.1, -0.05) is 24.3 Å². The predicted octanol–water partition coefficient (Wildman–Crippen LogP) is 3.75. The minimum atomic E-state index is -0.179. The maximum atomic E-state index is 13.5. The molecule has 0 spiro atoms. The fourth-order valence-corrected chi connectivity index (χ4v) is 3.74. The third-order valence-electron chi connectivity index (χ3n) is 5.05. The Bertz CT molecular complexity index is 963. The van der Waals surface area contributed by atoms with Crippen LogP contribution in [0.1, 0.15) is 27.7 Å². The Morgan fingerprint density at radius 2 is 1.81 bits per heavy atom. The van der Waals surface area contributed by atoms with Gasteiger partial charge in [-0.05, 0) is 42.0 Å². The fraction of sp³-hybridized carbons (Fsp3) is 0.227. The number of aromatic nitrogens is 1. The molecule has 2 heterocycles. The molecule has 1 unspecified atom stereocenters. The van der Waals surface area contributed by atoms with Crippen molar-refractivity contribution < 1.29 is 14.3 Å². The van der Waals surface area contributed by atoms with Crippen LogP contribution in [0.3, 0.4) is 0 Å². The number of nitrogens with zero attached hydrogens (tertiary/aromatic N) is 2. The second-order valence-corrected chi connectivity index (χ2v) is 6.50. The minimum absolute atomic E-state index is 0.0345. The second kappa shape index (κ2) is 7.19. The van der Waals surface area contributed by atoms with Crippen molar-refractivity contribution in [2.75, 3.05) is 20.8 Å². The summed E-state index contributed by atoms with van der Waals surface area (Å²) in [6, 6.07) is 19.2. The monoisotopic (exact) mass is 362 g/mol. The molecule has 5 nitrogen and oxygen atoms in total. The highest BCUT2D eigenvalue weighted by atomic mass is 16.5. The van der Waals surface area contributed by atoms with Crippen molar-refractivity contribution >= 4 is 5.91 Å². The topological polar surface area (TPSA) is 43.7 Å². The number of methoxy groups -OCH3 is 2. The summed E-state index contributed by atoms with van der Waals surface area (Å²) in [5.74, 6) is 1.33. The average molecular weight is 362 g/mol. The molecule has 1 aromatic heterocycles. The highest BCUT2D eigenvalue weighted by molar-refractivity contribution is 5.97. The number of hydrogen-bond donors (Lipinski definition) is 0. The zero-order valence-corrected chi connectivity index (χ0v) is 15.5. The molecule has 138 valence electrons. The van der Waals surface area contributed by atoms with E-state index in [1.807, 2.05) is 59.5 Å². The van der Waals surface area contributed by atoms with Gasteiger partial charge in [-0.2, -0.15) is 0 Å². The third kappa shape index (κ3) is 3.05. The molecule has 1 aliphatic rings. The van der Waals surface area contributed by atoms with E-state index in [1.54, 1.807) is 14.2 Å². The predicted molar refractivity (Wildman–Crippen MR) is 103 cm³/mol. The summed E-state index contributed by atoms with van der Waals surface area (Å²) in [4.78, 5) is 15.4. The normalized spacial score (nSPS) is 15.9. The Balaban J connectivity index is 1.80. The number of carbonyl (C=O) groups excluding carboxylic acids is 1. The molecule has 3 aromatic rings. The lowest BCUT2D eigenvalue weighted by atomic mass is 9.98. The molecule has 1 amide bonds. The van der Waals surface area contributed by atoms with E-state index in [4.69, 9.17) is 9.47 Å². The smallest absolute Gasteiger partial charge is 0.258 e. The van der Waals surface area contributed by atoms with Gasteiger partial charge in [0, 0.05) is 25.0 Å². The van der Waals surface area contributed by atoms with Gasteiger partial charge in [0.15, 0.2) is 0 Å². The van der Waals surface area contributed by atoms with Crippen LogP contribution in [0.4, 0.5) is 0 Å². The number of ether oxygens (including phenoxy) is 2. The van der Waals surface area contributed by atoms with E-state index in [-0.39, 0.29) is 11.9 Å². The zero-order valence-electron chi connectivity index (χ0n) is 15.5. The summed E-state index contributed by atoms with van der Waals surface area (Å²) in [6.45, 7) is 1.39. The van der Waals surface area contributed by atoms with E-state index in [0.29, 0.717) is 17.9 Å². The first-order chi connectivity index (χ1) is 13.2. The first-order valence-electron chi connectivity index (χ1n) is 8.96. The van der Waals surface area contributed by atoms with Crippen LogP contribution in [0.25, 0.3) is 0 Å². The summed E-state index contributed by atoms with van der Waals surface area (Å²) in [6.07, 6.45) is 2.06. The number of hydrogen-bond acceptors (Lipinski definition) is 3. The Morgan fingerprint density at radius 1 is 0.963 bits per heavy atom. The minimum Gasteiger partial charge on any atom is -0.497 e. The van der Waals surface area contributed by atoms with E-state index in [0.717, 1.165) is 23.6 Å². The maximum Gasteiger partial charge on any atom is 0.258 e. The number of carbonyl (C=O) groups is 1. The number of para-hydroxylation sites is 1. The SMILES string of the molecule is COc1cccc(C2c3cccn3CCN2C(=O)c2ccccc2OC)c1. The lowest BCUT2D eigenvalue weighted by molar-refractivity contribution is 0.0660. The molecule has 1 aliphatic heterocycles. The molecule has 0 saturated carbocycles. The summed E-state index contributed by atoms with van der Waals surface area (Å²) < 4.78 is 13.0. The molecule has 0 fully saturated rings. The van der Waals surface area contributed by atoms with E-state index in [1.165, 1.54) is 0 Å². The molecule has 2 aromatic carbocycles. The fourth-order valence-electron chi connectivity index (χ4n) is 3.74. The van der Waals surface area contributed by atoms with E-state index in [2.05, 4.69) is 16.8 Å². The number of benzene rings is 2. The summed E-state index contributed by atoms with van der Waals surface area (Å²) in [5, 5.41) is 0. The molecule has 0 radical (unpaired) electrons. The molecular weight excluding hydrogens is 340 g/mol.